The molecule has 3 heterocycles. The molecule has 0 saturated carbocycles. The fourth-order valence-electron chi connectivity index (χ4n) is 5.15. The molecule has 0 bridgehead atoms. The summed E-state index contributed by atoms with van der Waals surface area (Å²) in [5.74, 6) is -2.84. The number of nitrogens with zero attached hydrogens (tertiary/aromatic N) is 4. The Morgan fingerprint density at radius 2 is 1.87 bits per heavy atom. The van der Waals surface area contributed by atoms with Gasteiger partial charge < -0.3 is 19.8 Å². The summed E-state index contributed by atoms with van der Waals surface area (Å²) in [5.41, 5.74) is 4.37. The summed E-state index contributed by atoms with van der Waals surface area (Å²) >= 11 is 5.94. The molecule has 1 fully saturated rings. The Hall–Kier alpha value is -4.10. The van der Waals surface area contributed by atoms with Crippen LogP contribution in [0.25, 0.3) is 5.57 Å². The summed E-state index contributed by atoms with van der Waals surface area (Å²) in [6.07, 6.45) is 2.97. The van der Waals surface area contributed by atoms with Gasteiger partial charge in [0.05, 0.1) is 35.3 Å². The number of hydrogen-bond donors (Lipinski definition) is 2. The minimum atomic E-state index is -1.40. The van der Waals surface area contributed by atoms with Gasteiger partial charge in [-0.1, -0.05) is 29.8 Å². The highest BCUT2D eigenvalue weighted by molar-refractivity contribution is 6.30. The average molecular weight is 539 g/mol. The maximum atomic E-state index is 13.6. The number of carboxylic acids is 1. The number of aliphatic carboxylic acids is 1. The summed E-state index contributed by atoms with van der Waals surface area (Å²) < 4.78 is 5.80. The van der Waals surface area contributed by atoms with E-state index in [-0.39, 0.29) is 25.3 Å². The highest BCUT2D eigenvalue weighted by Crippen LogP contribution is 2.31. The van der Waals surface area contributed by atoms with Crippen molar-refractivity contribution in [1.82, 2.24) is 14.8 Å². The molecule has 3 atom stereocenters. The number of nitriles is 1. The molecule has 0 unspecified atom stereocenters. The molecule has 2 amide bonds. The first-order valence-corrected chi connectivity index (χ1v) is 12.5. The topological polar surface area (TPSA) is 144 Å². The lowest BCUT2D eigenvalue weighted by atomic mass is 9.86. The second-order valence-corrected chi connectivity index (χ2v) is 9.94. The van der Waals surface area contributed by atoms with Gasteiger partial charge in [0.15, 0.2) is 0 Å². The van der Waals surface area contributed by atoms with Crippen molar-refractivity contribution in [2.24, 2.45) is 5.92 Å². The van der Waals surface area contributed by atoms with E-state index in [0.29, 0.717) is 23.6 Å². The number of benzene rings is 1. The van der Waals surface area contributed by atoms with Crippen molar-refractivity contribution in [3.05, 3.63) is 63.9 Å². The third-order valence-electron chi connectivity index (χ3n) is 6.97. The van der Waals surface area contributed by atoms with Crippen LogP contribution < -0.4 is 4.74 Å². The zero-order valence-corrected chi connectivity index (χ0v) is 21.7. The van der Waals surface area contributed by atoms with Crippen LogP contribution in [-0.2, 0) is 9.59 Å². The van der Waals surface area contributed by atoms with Crippen molar-refractivity contribution in [3.63, 3.8) is 0 Å². The molecule has 1 aromatic carbocycles. The number of halogens is 1. The maximum absolute atomic E-state index is 13.6. The number of amides is 2. The SMILES string of the molecule is Cc1cc(C2=CCN(C(=O)[C@@H]3[C@@H](C(=O)O)C[C@H](Oc4cncc(Cl)c4)CN3C(=O)O)CC2)cc(C)c1C#N. The molecule has 0 aliphatic carbocycles. The van der Waals surface area contributed by atoms with Gasteiger partial charge >= 0.3 is 12.1 Å². The second-order valence-electron chi connectivity index (χ2n) is 9.50. The molecule has 1 saturated heterocycles. The van der Waals surface area contributed by atoms with E-state index in [9.17, 15) is 29.9 Å². The monoisotopic (exact) mass is 538 g/mol. The molecule has 10 nitrogen and oxygen atoms in total. The van der Waals surface area contributed by atoms with Gasteiger partial charge in [-0.25, -0.2) is 4.79 Å². The van der Waals surface area contributed by atoms with Gasteiger partial charge in [-0.3, -0.25) is 19.5 Å². The van der Waals surface area contributed by atoms with Crippen LogP contribution in [0.3, 0.4) is 0 Å². The standard InChI is InChI=1S/C27H27ClN4O6/c1-15-7-18(8-16(2)23(15)11-29)17-3-5-31(6-4-17)25(33)24-22(26(34)35)10-21(14-32(24)27(36)37)38-20-9-19(28)12-30-13-20/h3,7-9,12-13,21-22,24H,4-6,10,14H2,1-2H3,(H,34,35)(H,36,37)/t21-,22-,24-/m0/s1. The van der Waals surface area contributed by atoms with Crippen LogP contribution in [0.15, 0.2) is 36.7 Å². The van der Waals surface area contributed by atoms with E-state index in [4.69, 9.17) is 16.3 Å². The molecule has 4 rings (SSSR count). The number of carbonyl (C=O) groups is 3. The fraction of sp³-hybridized carbons (Fsp3) is 0.370. The van der Waals surface area contributed by atoms with Crippen LogP contribution in [0.4, 0.5) is 4.79 Å². The molecule has 2 aliphatic rings. The highest BCUT2D eigenvalue weighted by Gasteiger charge is 2.48. The molecule has 1 aromatic heterocycles. The Morgan fingerprint density at radius 1 is 1.16 bits per heavy atom. The van der Waals surface area contributed by atoms with Gasteiger partial charge in [-0.2, -0.15) is 5.26 Å². The van der Waals surface area contributed by atoms with Gasteiger partial charge in [0.25, 0.3) is 0 Å². The molecule has 38 heavy (non-hydrogen) atoms. The summed E-state index contributed by atoms with van der Waals surface area (Å²) in [6, 6.07) is 6.22. The number of pyridine rings is 1. The lowest BCUT2D eigenvalue weighted by Gasteiger charge is -2.42. The van der Waals surface area contributed by atoms with E-state index in [2.05, 4.69) is 11.1 Å². The first kappa shape index (κ1) is 26.9. The number of aryl methyl sites for hydroxylation is 2. The molecule has 198 valence electrons. The van der Waals surface area contributed by atoms with Crippen molar-refractivity contribution >= 4 is 35.1 Å². The van der Waals surface area contributed by atoms with Crippen molar-refractivity contribution in [1.29, 1.82) is 5.26 Å². The molecule has 0 radical (unpaired) electrons. The van der Waals surface area contributed by atoms with E-state index in [1.807, 2.05) is 32.1 Å². The number of rotatable bonds is 5. The molecule has 2 aliphatic heterocycles. The minimum absolute atomic E-state index is 0.0548. The fourth-order valence-corrected chi connectivity index (χ4v) is 5.32. The van der Waals surface area contributed by atoms with Gasteiger partial charge in [0.2, 0.25) is 5.91 Å². The molecule has 11 heteroatoms. The van der Waals surface area contributed by atoms with Gasteiger partial charge in [-0.15, -0.1) is 0 Å². The van der Waals surface area contributed by atoms with Crippen LogP contribution >= 0.6 is 11.6 Å². The number of ether oxygens (including phenoxy) is 1. The van der Waals surface area contributed by atoms with Gasteiger partial charge in [0.1, 0.15) is 17.9 Å². The van der Waals surface area contributed by atoms with Crippen LogP contribution in [0.2, 0.25) is 5.02 Å². The zero-order valence-electron chi connectivity index (χ0n) is 20.9. The summed E-state index contributed by atoms with van der Waals surface area (Å²) in [5, 5.41) is 29.5. The normalized spacial score (nSPS) is 21.3. The van der Waals surface area contributed by atoms with E-state index in [1.54, 1.807) is 0 Å². The Kier molecular flexibility index (Phi) is 7.88. The Balaban J connectivity index is 1.53. The van der Waals surface area contributed by atoms with Crippen molar-refractivity contribution in [2.45, 2.75) is 38.8 Å². The molecular weight excluding hydrogens is 512 g/mol. The highest BCUT2D eigenvalue weighted by atomic mass is 35.5. The zero-order chi connectivity index (χ0) is 27.6. The van der Waals surface area contributed by atoms with Crippen LogP contribution in [0.1, 0.15) is 35.1 Å². The average Bonchev–Trinajstić information content (AvgIpc) is 2.87. The number of hydrogen-bond acceptors (Lipinski definition) is 6. The lowest BCUT2D eigenvalue weighted by molar-refractivity contribution is -0.155. The molecule has 0 spiro atoms. The van der Waals surface area contributed by atoms with E-state index in [1.165, 1.54) is 23.4 Å². The predicted molar refractivity (Wildman–Crippen MR) is 138 cm³/mol. The third-order valence-corrected chi connectivity index (χ3v) is 7.18. The van der Waals surface area contributed by atoms with E-state index >= 15 is 0 Å². The van der Waals surface area contributed by atoms with E-state index < -0.39 is 36.0 Å². The summed E-state index contributed by atoms with van der Waals surface area (Å²) in [7, 11) is 0. The predicted octanol–water partition coefficient (Wildman–Crippen LogP) is 3.74. The second kappa shape index (κ2) is 11.1. The first-order chi connectivity index (χ1) is 18.1. The first-order valence-electron chi connectivity index (χ1n) is 12.1. The molecular formula is C27H27ClN4O6. The smallest absolute Gasteiger partial charge is 0.408 e. The van der Waals surface area contributed by atoms with Crippen LogP contribution in [-0.4, -0.2) is 74.7 Å². The quantitative estimate of drug-likeness (QED) is 0.585. The largest absolute Gasteiger partial charge is 0.487 e. The Morgan fingerprint density at radius 3 is 2.42 bits per heavy atom. The number of carboxylic acid groups (broad SMARTS) is 2. The Labute approximate surface area is 224 Å². The molecule has 2 aromatic rings. The van der Waals surface area contributed by atoms with E-state index in [0.717, 1.165) is 27.2 Å². The molecule has 2 N–H and O–H groups in total. The maximum Gasteiger partial charge on any atom is 0.408 e. The Bertz CT molecular complexity index is 1310. The van der Waals surface area contributed by atoms with Crippen LogP contribution in [0.5, 0.6) is 5.75 Å². The minimum Gasteiger partial charge on any atom is -0.487 e. The number of piperidine rings is 1. The number of aromatic nitrogens is 1. The summed E-state index contributed by atoms with van der Waals surface area (Å²) in [6.45, 7) is 4.11. The number of carbonyl (C=O) groups excluding carboxylic acids is 1. The number of likely N-dealkylation sites (tertiary alicyclic amines) is 1. The van der Waals surface area contributed by atoms with Gasteiger partial charge in [0, 0.05) is 31.8 Å². The summed E-state index contributed by atoms with van der Waals surface area (Å²) in [4.78, 5) is 44.2. The van der Waals surface area contributed by atoms with Crippen molar-refractivity contribution in [3.8, 4) is 11.8 Å². The lowest BCUT2D eigenvalue weighted by Crippen LogP contribution is -2.62. The van der Waals surface area contributed by atoms with Gasteiger partial charge in [-0.05, 0) is 42.5 Å². The van der Waals surface area contributed by atoms with Crippen LogP contribution in [0, 0.1) is 31.1 Å². The van der Waals surface area contributed by atoms with Crippen molar-refractivity contribution in [2.75, 3.05) is 19.6 Å². The third kappa shape index (κ3) is 5.58. The van der Waals surface area contributed by atoms with Crippen molar-refractivity contribution < 1.29 is 29.3 Å².